The van der Waals surface area contributed by atoms with Gasteiger partial charge in [0.1, 0.15) is 17.2 Å². The zero-order valence-corrected chi connectivity index (χ0v) is 10.3. The van der Waals surface area contributed by atoms with Crippen molar-refractivity contribution < 1.29 is 9.47 Å². The number of hydrogen-bond donors (Lipinski definition) is 4. The van der Waals surface area contributed by atoms with Gasteiger partial charge in [-0.2, -0.15) is 9.97 Å². The van der Waals surface area contributed by atoms with E-state index >= 15 is 0 Å². The van der Waals surface area contributed by atoms with Gasteiger partial charge in [0.05, 0.1) is 6.61 Å². The second-order valence-corrected chi connectivity index (χ2v) is 4.18. The predicted molar refractivity (Wildman–Crippen MR) is 67.9 cm³/mol. The number of ether oxygens (including phenoxy) is 2. The number of nitrogen functional groups attached to an aromatic ring is 2. The van der Waals surface area contributed by atoms with Crippen LogP contribution in [0, 0.1) is 0 Å². The van der Waals surface area contributed by atoms with Gasteiger partial charge in [0, 0.05) is 32.7 Å². The normalized spacial score (nSPS) is 23.0. The Balaban J connectivity index is 2.03. The average Bonchev–Trinajstić information content (AvgIpc) is 2.85. The summed E-state index contributed by atoms with van der Waals surface area (Å²) in [4.78, 5) is 7.98. The lowest BCUT2D eigenvalue weighted by atomic mass is 10.0. The molecule has 2 heterocycles. The van der Waals surface area contributed by atoms with Crippen molar-refractivity contribution in [2.75, 3.05) is 43.3 Å². The van der Waals surface area contributed by atoms with Gasteiger partial charge in [-0.15, -0.1) is 0 Å². The highest BCUT2D eigenvalue weighted by Crippen LogP contribution is 2.23. The van der Waals surface area contributed by atoms with Gasteiger partial charge in [-0.1, -0.05) is 0 Å². The molecule has 1 unspecified atom stereocenters. The summed E-state index contributed by atoms with van der Waals surface area (Å²) >= 11 is 0. The van der Waals surface area contributed by atoms with Crippen LogP contribution in [0.1, 0.15) is 6.42 Å². The topological polar surface area (TPSA) is 120 Å². The number of nitrogens with two attached hydrogens (primary N) is 2. The zero-order chi connectivity index (χ0) is 13.0. The smallest absolute Gasteiger partial charge is 0.223 e. The first-order valence-corrected chi connectivity index (χ1v) is 5.65. The van der Waals surface area contributed by atoms with E-state index < -0.39 is 0 Å². The third kappa shape index (κ3) is 2.78. The molecule has 0 saturated carbocycles. The molecule has 0 radical (unpaired) electrons. The predicted octanol–water partition coefficient (Wildman–Crippen LogP) is -0.438. The van der Waals surface area contributed by atoms with E-state index in [1.807, 2.05) is 0 Å². The molecule has 6 N–H and O–H groups in total. The molecule has 0 aliphatic carbocycles. The van der Waals surface area contributed by atoms with Crippen LogP contribution in [0.3, 0.4) is 0 Å². The van der Waals surface area contributed by atoms with Crippen molar-refractivity contribution >= 4 is 17.6 Å². The monoisotopic (exact) mass is 254 g/mol. The van der Waals surface area contributed by atoms with Gasteiger partial charge in [0.2, 0.25) is 5.95 Å². The highest BCUT2D eigenvalue weighted by molar-refractivity contribution is 5.50. The molecule has 1 atom stereocenters. The lowest BCUT2D eigenvalue weighted by Crippen LogP contribution is -2.39. The zero-order valence-electron chi connectivity index (χ0n) is 10.3. The quantitative estimate of drug-likeness (QED) is 0.412. The third-order valence-corrected chi connectivity index (χ3v) is 2.98. The van der Waals surface area contributed by atoms with Crippen LogP contribution in [0.5, 0.6) is 0 Å². The van der Waals surface area contributed by atoms with Crippen molar-refractivity contribution in [1.29, 1.82) is 0 Å². The van der Waals surface area contributed by atoms with E-state index in [1.165, 1.54) is 0 Å². The maximum absolute atomic E-state index is 5.57. The molecule has 1 fully saturated rings. The van der Waals surface area contributed by atoms with Crippen LogP contribution in [-0.4, -0.2) is 42.4 Å². The molecule has 0 spiro atoms. The fraction of sp³-hybridized carbons (Fsp3) is 0.600. The fourth-order valence-corrected chi connectivity index (χ4v) is 1.84. The van der Waals surface area contributed by atoms with Crippen LogP contribution in [0.4, 0.5) is 17.6 Å². The summed E-state index contributed by atoms with van der Waals surface area (Å²) in [7, 11) is 1.68. The highest BCUT2D eigenvalue weighted by Gasteiger charge is 2.34. The summed E-state index contributed by atoms with van der Waals surface area (Å²) in [6.45, 7) is 1.86. The maximum Gasteiger partial charge on any atom is 0.223 e. The molecule has 1 aliphatic rings. The second kappa shape index (κ2) is 5.34. The number of nitrogens with zero attached hydrogens (tertiary/aromatic N) is 2. The summed E-state index contributed by atoms with van der Waals surface area (Å²) in [6, 6.07) is 1.68. The summed E-state index contributed by atoms with van der Waals surface area (Å²) in [6.07, 6.45) is 0.846. The Morgan fingerprint density at radius 2 is 2.28 bits per heavy atom. The molecular formula is C10H18N6O2. The van der Waals surface area contributed by atoms with Crippen LogP contribution in [0.25, 0.3) is 0 Å². The van der Waals surface area contributed by atoms with Gasteiger partial charge < -0.3 is 25.9 Å². The number of anilines is 3. The van der Waals surface area contributed by atoms with Gasteiger partial charge in [-0.05, 0) is 0 Å². The van der Waals surface area contributed by atoms with Crippen molar-refractivity contribution in [3.8, 4) is 0 Å². The Kier molecular flexibility index (Phi) is 3.80. The minimum atomic E-state index is -0.310. The first kappa shape index (κ1) is 12.8. The molecule has 1 aromatic rings. The Hall–Kier alpha value is -1.64. The van der Waals surface area contributed by atoms with E-state index in [0.29, 0.717) is 31.4 Å². The molecule has 1 aromatic heterocycles. The highest BCUT2D eigenvalue weighted by atomic mass is 16.5. The Morgan fingerprint density at radius 3 is 2.89 bits per heavy atom. The van der Waals surface area contributed by atoms with Gasteiger partial charge >= 0.3 is 0 Å². The number of nitrogens with one attached hydrogen (secondary N) is 2. The van der Waals surface area contributed by atoms with E-state index in [0.717, 1.165) is 6.42 Å². The van der Waals surface area contributed by atoms with E-state index in [4.69, 9.17) is 21.1 Å². The SMILES string of the molecule is COC1(CNc2cc(NN)nc(N)n2)CCOC1. The van der Waals surface area contributed by atoms with Crippen LogP contribution in [-0.2, 0) is 9.47 Å². The average molecular weight is 254 g/mol. The molecule has 2 rings (SSSR count). The largest absolute Gasteiger partial charge is 0.378 e. The standard InChI is InChI=1S/C10H18N6O2/c1-17-10(2-3-18-6-10)5-13-7-4-8(16-12)15-9(11)14-7/h4H,2-3,5-6,12H2,1H3,(H4,11,13,14,15,16). The molecule has 18 heavy (non-hydrogen) atoms. The Bertz CT molecular complexity index is 407. The van der Waals surface area contributed by atoms with Gasteiger partial charge in [-0.25, -0.2) is 5.84 Å². The van der Waals surface area contributed by atoms with Crippen molar-refractivity contribution in [3.63, 3.8) is 0 Å². The summed E-state index contributed by atoms with van der Waals surface area (Å²) in [5, 5.41) is 3.16. The minimum Gasteiger partial charge on any atom is -0.378 e. The van der Waals surface area contributed by atoms with Crippen molar-refractivity contribution in [3.05, 3.63) is 6.07 Å². The second-order valence-electron chi connectivity index (χ2n) is 4.18. The number of methoxy groups -OCH3 is 1. The molecule has 1 saturated heterocycles. The van der Waals surface area contributed by atoms with E-state index in [9.17, 15) is 0 Å². The summed E-state index contributed by atoms with van der Waals surface area (Å²) < 4.78 is 10.9. The molecule has 0 aromatic carbocycles. The first-order chi connectivity index (χ1) is 8.67. The molecule has 0 amide bonds. The Morgan fingerprint density at radius 1 is 1.50 bits per heavy atom. The Labute approximate surface area is 105 Å². The molecule has 100 valence electrons. The fourth-order valence-electron chi connectivity index (χ4n) is 1.84. The number of hydrazine groups is 1. The van der Waals surface area contributed by atoms with Crippen LogP contribution >= 0.6 is 0 Å². The van der Waals surface area contributed by atoms with Gasteiger partial charge in [0.25, 0.3) is 0 Å². The van der Waals surface area contributed by atoms with Crippen LogP contribution in [0.15, 0.2) is 6.07 Å². The minimum absolute atomic E-state index is 0.155. The molecule has 1 aliphatic heterocycles. The lowest BCUT2D eigenvalue weighted by molar-refractivity contribution is -0.00625. The van der Waals surface area contributed by atoms with Crippen molar-refractivity contribution in [2.24, 2.45) is 5.84 Å². The number of rotatable bonds is 5. The molecular weight excluding hydrogens is 236 g/mol. The van der Waals surface area contributed by atoms with Crippen molar-refractivity contribution in [1.82, 2.24) is 9.97 Å². The number of hydrogen-bond acceptors (Lipinski definition) is 8. The van der Waals surface area contributed by atoms with Gasteiger partial charge in [-0.3, -0.25) is 0 Å². The molecule has 8 nitrogen and oxygen atoms in total. The van der Waals surface area contributed by atoms with E-state index in [-0.39, 0.29) is 11.5 Å². The van der Waals surface area contributed by atoms with E-state index in [2.05, 4.69) is 20.7 Å². The molecule has 8 heteroatoms. The lowest BCUT2D eigenvalue weighted by Gasteiger charge is -2.26. The molecule has 0 bridgehead atoms. The summed E-state index contributed by atoms with van der Waals surface area (Å²) in [5.41, 5.74) is 7.69. The van der Waals surface area contributed by atoms with E-state index in [1.54, 1.807) is 13.2 Å². The first-order valence-electron chi connectivity index (χ1n) is 5.65. The van der Waals surface area contributed by atoms with Crippen molar-refractivity contribution in [2.45, 2.75) is 12.0 Å². The number of aromatic nitrogens is 2. The van der Waals surface area contributed by atoms with Crippen LogP contribution < -0.4 is 22.3 Å². The van der Waals surface area contributed by atoms with Gasteiger partial charge in [0.15, 0.2) is 0 Å². The van der Waals surface area contributed by atoms with Crippen LogP contribution in [0.2, 0.25) is 0 Å². The third-order valence-electron chi connectivity index (χ3n) is 2.98. The maximum atomic E-state index is 5.57. The summed E-state index contributed by atoms with van der Waals surface area (Å²) in [5.74, 6) is 6.50.